The Morgan fingerprint density at radius 2 is 1.76 bits per heavy atom. The van der Waals surface area contributed by atoms with E-state index in [1.807, 2.05) is 0 Å². The Hall–Kier alpha value is -3.36. The first-order valence-corrected chi connectivity index (χ1v) is 8.80. The number of halogens is 3. The summed E-state index contributed by atoms with van der Waals surface area (Å²) in [6.07, 6.45) is -4.42. The van der Waals surface area contributed by atoms with Crippen molar-refractivity contribution in [1.29, 1.82) is 0 Å². The largest absolute Gasteiger partial charge is 0.416 e. The second-order valence-electron chi connectivity index (χ2n) is 6.59. The molecule has 0 fully saturated rings. The number of nitrogens with one attached hydrogen (secondary N) is 1. The Balaban J connectivity index is 1.86. The molecule has 0 bridgehead atoms. The number of aromatic amines is 1. The number of alkyl halides is 3. The highest BCUT2D eigenvalue weighted by Gasteiger charge is 2.30. The van der Waals surface area contributed by atoms with Gasteiger partial charge >= 0.3 is 17.3 Å². The van der Waals surface area contributed by atoms with Gasteiger partial charge in [0.25, 0.3) is 5.91 Å². The minimum atomic E-state index is -4.42. The Bertz CT molecular complexity index is 1180. The number of fused-ring (bicyclic) bond motifs is 1. The monoisotopic (exact) mass is 405 g/mol. The third-order valence-corrected chi connectivity index (χ3v) is 4.59. The normalized spacial score (nSPS) is 11.6. The molecule has 6 nitrogen and oxygen atoms in total. The molecule has 0 spiro atoms. The average molecular weight is 405 g/mol. The quantitative estimate of drug-likeness (QED) is 0.678. The highest BCUT2D eigenvalue weighted by Crippen LogP contribution is 2.29. The molecule has 1 heterocycles. The number of H-pyrrole nitrogens is 1. The zero-order valence-electron chi connectivity index (χ0n) is 15.7. The fourth-order valence-electron chi connectivity index (χ4n) is 3.09. The Labute approximate surface area is 163 Å². The molecule has 0 saturated carbocycles. The second-order valence-corrected chi connectivity index (χ2v) is 6.59. The van der Waals surface area contributed by atoms with Crippen LogP contribution in [0, 0.1) is 0 Å². The molecule has 0 saturated heterocycles. The molecular formula is C20H18F3N3O3. The number of aryl methyl sites for hydroxylation is 1. The number of carbonyl (C=O) groups excluding carboxylic acids is 1. The molecule has 1 amide bonds. The van der Waals surface area contributed by atoms with Crippen LogP contribution < -0.4 is 11.1 Å². The third-order valence-electron chi connectivity index (χ3n) is 4.59. The molecule has 0 aliphatic heterocycles. The summed E-state index contributed by atoms with van der Waals surface area (Å²) in [6.45, 7) is 2.15. The van der Waals surface area contributed by atoms with Crippen molar-refractivity contribution in [3.63, 3.8) is 0 Å². The van der Waals surface area contributed by atoms with Crippen LogP contribution in [0.15, 0.2) is 52.1 Å². The van der Waals surface area contributed by atoms with Crippen molar-refractivity contribution in [3.05, 3.63) is 79.9 Å². The number of amides is 1. The second kappa shape index (κ2) is 7.57. The molecule has 0 aliphatic carbocycles. The number of nitrogens with zero attached hydrogens (tertiary/aromatic N) is 2. The molecule has 0 aliphatic rings. The van der Waals surface area contributed by atoms with Gasteiger partial charge in [-0.3, -0.25) is 14.4 Å². The van der Waals surface area contributed by atoms with Crippen LogP contribution in [0.25, 0.3) is 11.0 Å². The summed E-state index contributed by atoms with van der Waals surface area (Å²) >= 11 is 0. The van der Waals surface area contributed by atoms with Gasteiger partial charge in [0, 0.05) is 25.7 Å². The van der Waals surface area contributed by atoms with Crippen LogP contribution in [0.1, 0.15) is 28.4 Å². The molecule has 9 heteroatoms. The molecule has 0 atom stereocenters. The van der Waals surface area contributed by atoms with E-state index < -0.39 is 22.9 Å². The zero-order chi connectivity index (χ0) is 21.3. The summed E-state index contributed by atoms with van der Waals surface area (Å²) in [5, 5.41) is 0. The van der Waals surface area contributed by atoms with Crippen molar-refractivity contribution in [3.8, 4) is 0 Å². The van der Waals surface area contributed by atoms with Crippen LogP contribution in [-0.4, -0.2) is 27.4 Å². The predicted molar refractivity (Wildman–Crippen MR) is 102 cm³/mol. The van der Waals surface area contributed by atoms with Crippen LogP contribution in [0.4, 0.5) is 13.2 Å². The van der Waals surface area contributed by atoms with Gasteiger partial charge < -0.3 is 14.5 Å². The molecule has 152 valence electrons. The minimum Gasteiger partial charge on any atom is -0.337 e. The fraction of sp³-hybridized carbons (Fsp3) is 0.250. The van der Waals surface area contributed by atoms with Gasteiger partial charge in [-0.2, -0.15) is 13.2 Å². The Morgan fingerprint density at radius 3 is 2.34 bits per heavy atom. The lowest BCUT2D eigenvalue weighted by Crippen LogP contribution is -2.36. The topological polar surface area (TPSA) is 75.2 Å². The van der Waals surface area contributed by atoms with Gasteiger partial charge in [-0.25, -0.2) is 0 Å². The number of aromatic nitrogens is 2. The number of carbonyl (C=O) groups is 1. The SMILES string of the molecule is CCn1c(=O)c(=O)[nH]c2cc(C(=O)N(C)Cc3ccc(C(F)(F)F)cc3)ccc21. The number of hydrogen-bond acceptors (Lipinski definition) is 3. The van der Waals surface area contributed by atoms with E-state index in [9.17, 15) is 27.6 Å². The van der Waals surface area contributed by atoms with Gasteiger partial charge in [-0.15, -0.1) is 0 Å². The zero-order valence-corrected chi connectivity index (χ0v) is 15.7. The van der Waals surface area contributed by atoms with E-state index in [0.29, 0.717) is 23.1 Å². The molecule has 3 aromatic rings. The first kappa shape index (κ1) is 20.4. The molecule has 1 aromatic heterocycles. The first-order valence-electron chi connectivity index (χ1n) is 8.80. The highest BCUT2D eigenvalue weighted by atomic mass is 19.4. The highest BCUT2D eigenvalue weighted by molar-refractivity contribution is 5.97. The van der Waals surface area contributed by atoms with E-state index >= 15 is 0 Å². The molecule has 0 unspecified atom stereocenters. The van der Waals surface area contributed by atoms with Gasteiger partial charge in [0.2, 0.25) is 0 Å². The van der Waals surface area contributed by atoms with Gasteiger partial charge in [-0.05, 0) is 42.8 Å². The summed E-state index contributed by atoms with van der Waals surface area (Å²) in [5.41, 5.74) is -0.521. The molecule has 2 aromatic carbocycles. The van der Waals surface area contributed by atoms with Crippen LogP contribution in [-0.2, 0) is 19.3 Å². The van der Waals surface area contributed by atoms with Crippen molar-refractivity contribution in [2.75, 3.05) is 7.05 Å². The molecular weight excluding hydrogens is 387 g/mol. The Kier molecular flexibility index (Phi) is 5.32. The van der Waals surface area contributed by atoms with Crippen LogP contribution in [0.2, 0.25) is 0 Å². The lowest BCUT2D eigenvalue weighted by Gasteiger charge is -2.18. The van der Waals surface area contributed by atoms with Crippen molar-refractivity contribution >= 4 is 16.9 Å². The van der Waals surface area contributed by atoms with Gasteiger partial charge in [0.15, 0.2) is 0 Å². The maximum atomic E-state index is 12.7. The van der Waals surface area contributed by atoms with Crippen molar-refractivity contribution in [2.24, 2.45) is 0 Å². The smallest absolute Gasteiger partial charge is 0.337 e. The summed E-state index contributed by atoms with van der Waals surface area (Å²) in [4.78, 5) is 40.2. The van der Waals surface area contributed by atoms with Crippen LogP contribution >= 0.6 is 0 Å². The average Bonchev–Trinajstić information content (AvgIpc) is 2.67. The van der Waals surface area contributed by atoms with E-state index in [2.05, 4.69) is 4.98 Å². The fourth-order valence-corrected chi connectivity index (χ4v) is 3.09. The minimum absolute atomic E-state index is 0.111. The maximum Gasteiger partial charge on any atom is 0.416 e. The van der Waals surface area contributed by atoms with Crippen molar-refractivity contribution < 1.29 is 18.0 Å². The third kappa shape index (κ3) is 4.08. The summed E-state index contributed by atoms with van der Waals surface area (Å²) in [5.74, 6) is -0.373. The lowest BCUT2D eigenvalue weighted by atomic mass is 10.1. The van der Waals surface area contributed by atoms with Crippen molar-refractivity contribution in [1.82, 2.24) is 14.5 Å². The van der Waals surface area contributed by atoms with Gasteiger partial charge in [0.1, 0.15) is 0 Å². The van der Waals surface area contributed by atoms with Gasteiger partial charge in [-0.1, -0.05) is 12.1 Å². The van der Waals surface area contributed by atoms with Crippen LogP contribution in [0.5, 0.6) is 0 Å². The van der Waals surface area contributed by atoms with Gasteiger partial charge in [0.05, 0.1) is 16.6 Å². The molecule has 1 N–H and O–H groups in total. The predicted octanol–water partition coefficient (Wildman–Crippen LogP) is 3.00. The van der Waals surface area contributed by atoms with Crippen molar-refractivity contribution in [2.45, 2.75) is 26.2 Å². The standard InChI is InChI=1S/C20H18F3N3O3/c1-3-26-16-9-6-13(10-15(16)24-17(27)19(26)29)18(28)25(2)11-12-4-7-14(8-5-12)20(21,22)23/h4-10H,3,11H2,1-2H3,(H,24,27). The molecule has 3 rings (SSSR count). The number of rotatable bonds is 4. The van der Waals surface area contributed by atoms with E-state index in [4.69, 9.17) is 0 Å². The van der Waals surface area contributed by atoms with E-state index in [1.165, 1.54) is 40.8 Å². The summed E-state index contributed by atoms with van der Waals surface area (Å²) in [7, 11) is 1.53. The number of hydrogen-bond donors (Lipinski definition) is 1. The molecule has 29 heavy (non-hydrogen) atoms. The number of benzene rings is 2. The maximum absolute atomic E-state index is 12.7. The van der Waals surface area contributed by atoms with E-state index in [-0.39, 0.29) is 18.0 Å². The first-order chi connectivity index (χ1) is 13.6. The lowest BCUT2D eigenvalue weighted by molar-refractivity contribution is -0.137. The summed E-state index contributed by atoms with van der Waals surface area (Å²) < 4.78 is 39.3. The van der Waals surface area contributed by atoms with E-state index in [0.717, 1.165) is 12.1 Å². The van der Waals surface area contributed by atoms with E-state index in [1.54, 1.807) is 13.0 Å². The van der Waals surface area contributed by atoms with Crippen LogP contribution in [0.3, 0.4) is 0 Å². The Morgan fingerprint density at radius 1 is 1.10 bits per heavy atom. The summed E-state index contributed by atoms with van der Waals surface area (Å²) in [6, 6.07) is 9.19. The molecule has 0 radical (unpaired) electrons.